The number of carbonyl (C=O) groups excluding carboxylic acids is 3. The molecule has 0 bridgehead atoms. The molecular formula is C16H20BrNO5. The minimum atomic E-state index is -0.932. The second-order valence-corrected chi connectivity index (χ2v) is 5.86. The summed E-state index contributed by atoms with van der Waals surface area (Å²) in [6.45, 7) is 1.49. The molecule has 23 heavy (non-hydrogen) atoms. The minimum Gasteiger partial charge on any atom is -0.477 e. The van der Waals surface area contributed by atoms with Gasteiger partial charge in [0, 0.05) is 17.3 Å². The first-order valence-corrected chi connectivity index (χ1v) is 7.98. The van der Waals surface area contributed by atoms with Gasteiger partial charge < -0.3 is 19.6 Å². The Balaban J connectivity index is 2.51. The lowest BCUT2D eigenvalue weighted by Crippen LogP contribution is -2.41. The van der Waals surface area contributed by atoms with Crippen LogP contribution in [0.4, 0.5) is 0 Å². The molecule has 0 fully saturated rings. The van der Waals surface area contributed by atoms with Crippen molar-refractivity contribution in [2.45, 2.75) is 32.3 Å². The van der Waals surface area contributed by atoms with E-state index in [9.17, 15) is 14.4 Å². The minimum absolute atomic E-state index is 0.00163. The number of halogens is 1. The van der Waals surface area contributed by atoms with E-state index in [4.69, 9.17) is 4.74 Å². The van der Waals surface area contributed by atoms with E-state index >= 15 is 0 Å². The topological polar surface area (TPSA) is 81.7 Å². The molecule has 1 N–H and O–H groups in total. The Morgan fingerprint density at radius 3 is 2.39 bits per heavy atom. The predicted molar refractivity (Wildman–Crippen MR) is 88.1 cm³/mol. The largest absolute Gasteiger partial charge is 0.477 e. The molecule has 1 atom stereocenters. The zero-order chi connectivity index (χ0) is 17.2. The Hall–Kier alpha value is -1.89. The molecule has 0 aliphatic heterocycles. The van der Waals surface area contributed by atoms with Gasteiger partial charge >= 0.3 is 5.97 Å². The van der Waals surface area contributed by atoms with Crippen molar-refractivity contribution < 1.29 is 23.9 Å². The van der Waals surface area contributed by atoms with E-state index < -0.39 is 12.1 Å². The molecule has 1 rings (SSSR count). The van der Waals surface area contributed by atoms with Crippen molar-refractivity contribution >= 4 is 33.6 Å². The highest BCUT2D eigenvalue weighted by Crippen LogP contribution is 2.17. The molecule has 0 saturated heterocycles. The summed E-state index contributed by atoms with van der Waals surface area (Å²) >= 11 is 3.31. The van der Waals surface area contributed by atoms with E-state index in [1.807, 2.05) is 0 Å². The summed E-state index contributed by atoms with van der Waals surface area (Å²) < 4.78 is 11.1. The standard InChI is InChI=1S/C16H20BrNO5/c1-11(19)4-3-5-15(20)18-10-14(16(21)22-2)23-13-8-6-12(17)7-9-13/h6-9,14H,3-5,10H2,1-2H3,(H,18,20). The molecule has 1 aromatic carbocycles. The number of nitrogens with one attached hydrogen (secondary N) is 1. The Labute approximate surface area is 143 Å². The van der Waals surface area contributed by atoms with Gasteiger partial charge in [0.2, 0.25) is 12.0 Å². The highest BCUT2D eigenvalue weighted by Gasteiger charge is 2.22. The third kappa shape index (κ3) is 7.78. The van der Waals surface area contributed by atoms with Crippen molar-refractivity contribution in [2.24, 2.45) is 0 Å². The summed E-state index contributed by atoms with van der Waals surface area (Å²) in [7, 11) is 1.26. The maximum absolute atomic E-state index is 11.7. The van der Waals surface area contributed by atoms with Gasteiger partial charge in [0.1, 0.15) is 11.5 Å². The second kappa shape index (κ2) is 9.99. The van der Waals surface area contributed by atoms with Crippen LogP contribution in [0.5, 0.6) is 5.75 Å². The molecule has 1 unspecified atom stereocenters. The predicted octanol–water partition coefficient (Wildman–Crippen LogP) is 2.24. The van der Waals surface area contributed by atoms with Crippen molar-refractivity contribution in [1.29, 1.82) is 0 Å². The number of carbonyl (C=O) groups is 3. The monoisotopic (exact) mass is 385 g/mol. The summed E-state index contributed by atoms with van der Waals surface area (Å²) in [5.41, 5.74) is 0. The number of benzene rings is 1. The molecule has 0 aromatic heterocycles. The molecule has 0 saturated carbocycles. The molecule has 126 valence electrons. The van der Waals surface area contributed by atoms with Crippen molar-refractivity contribution in [3.8, 4) is 5.75 Å². The van der Waals surface area contributed by atoms with E-state index in [0.717, 1.165) is 4.47 Å². The van der Waals surface area contributed by atoms with Crippen LogP contribution in [0.15, 0.2) is 28.7 Å². The average molecular weight is 386 g/mol. The second-order valence-electron chi connectivity index (χ2n) is 4.94. The fourth-order valence-electron chi connectivity index (χ4n) is 1.77. The van der Waals surface area contributed by atoms with Crippen molar-refractivity contribution in [3.63, 3.8) is 0 Å². The van der Waals surface area contributed by atoms with Gasteiger partial charge in [0.25, 0.3) is 0 Å². The number of hydrogen-bond donors (Lipinski definition) is 1. The van der Waals surface area contributed by atoms with Crippen LogP contribution in [-0.2, 0) is 19.1 Å². The number of methoxy groups -OCH3 is 1. The van der Waals surface area contributed by atoms with Gasteiger partial charge in [-0.2, -0.15) is 0 Å². The molecule has 1 aromatic rings. The van der Waals surface area contributed by atoms with Crippen molar-refractivity contribution in [3.05, 3.63) is 28.7 Å². The molecule has 7 heteroatoms. The maximum atomic E-state index is 11.7. The molecule has 0 spiro atoms. The lowest BCUT2D eigenvalue weighted by Gasteiger charge is -2.17. The van der Waals surface area contributed by atoms with E-state index in [1.54, 1.807) is 24.3 Å². The van der Waals surface area contributed by atoms with Gasteiger partial charge in [-0.25, -0.2) is 4.79 Å². The Bertz CT molecular complexity index is 544. The number of ether oxygens (including phenoxy) is 2. The summed E-state index contributed by atoms with van der Waals surface area (Å²) in [5.74, 6) is -0.269. The third-order valence-corrected chi connectivity index (χ3v) is 3.50. The summed E-state index contributed by atoms with van der Waals surface area (Å²) in [6.07, 6.45) is 0.144. The van der Waals surface area contributed by atoms with E-state index in [2.05, 4.69) is 26.0 Å². The molecule has 1 amide bonds. The van der Waals surface area contributed by atoms with E-state index in [1.165, 1.54) is 14.0 Å². The Morgan fingerprint density at radius 1 is 1.17 bits per heavy atom. The molecule has 0 heterocycles. The van der Waals surface area contributed by atoms with Crippen molar-refractivity contribution in [2.75, 3.05) is 13.7 Å². The van der Waals surface area contributed by atoms with Gasteiger partial charge in [-0.1, -0.05) is 15.9 Å². The highest BCUT2D eigenvalue weighted by atomic mass is 79.9. The Kier molecular flexibility index (Phi) is 8.32. The fourth-order valence-corrected chi connectivity index (χ4v) is 2.04. The first kappa shape index (κ1) is 19.2. The molecule has 0 aliphatic rings. The number of esters is 1. The molecule has 0 aliphatic carbocycles. The lowest BCUT2D eigenvalue weighted by atomic mass is 10.2. The van der Waals surface area contributed by atoms with Crippen LogP contribution in [0, 0.1) is 0 Å². The highest BCUT2D eigenvalue weighted by molar-refractivity contribution is 9.10. The molecule has 6 nitrogen and oxygen atoms in total. The number of amides is 1. The maximum Gasteiger partial charge on any atom is 0.348 e. The van der Waals surface area contributed by atoms with Crippen LogP contribution in [0.25, 0.3) is 0 Å². The van der Waals surface area contributed by atoms with E-state index in [-0.39, 0.29) is 24.7 Å². The third-order valence-electron chi connectivity index (χ3n) is 2.97. The van der Waals surface area contributed by atoms with E-state index in [0.29, 0.717) is 18.6 Å². The van der Waals surface area contributed by atoms with Crippen LogP contribution < -0.4 is 10.1 Å². The van der Waals surface area contributed by atoms with Gasteiger partial charge in [-0.05, 0) is 37.6 Å². The van der Waals surface area contributed by atoms with Crippen LogP contribution >= 0.6 is 15.9 Å². The summed E-state index contributed by atoms with van der Waals surface area (Å²) in [6, 6.07) is 6.97. The normalized spacial score (nSPS) is 11.4. The Morgan fingerprint density at radius 2 is 1.83 bits per heavy atom. The van der Waals surface area contributed by atoms with Gasteiger partial charge in [-0.15, -0.1) is 0 Å². The quantitative estimate of drug-likeness (QED) is 0.659. The SMILES string of the molecule is COC(=O)C(CNC(=O)CCCC(C)=O)Oc1ccc(Br)cc1. The van der Waals surface area contributed by atoms with Gasteiger partial charge in [-0.3, -0.25) is 4.79 Å². The fraction of sp³-hybridized carbons (Fsp3) is 0.438. The van der Waals surface area contributed by atoms with Crippen LogP contribution in [0.1, 0.15) is 26.2 Å². The van der Waals surface area contributed by atoms with Crippen molar-refractivity contribution in [1.82, 2.24) is 5.32 Å². The van der Waals surface area contributed by atoms with Gasteiger partial charge in [0.15, 0.2) is 0 Å². The van der Waals surface area contributed by atoms with Gasteiger partial charge in [0.05, 0.1) is 13.7 Å². The first-order chi connectivity index (χ1) is 10.9. The molecular weight excluding hydrogens is 366 g/mol. The van der Waals surface area contributed by atoms with Crippen LogP contribution in [-0.4, -0.2) is 37.4 Å². The van der Waals surface area contributed by atoms with Crippen LogP contribution in [0.3, 0.4) is 0 Å². The smallest absolute Gasteiger partial charge is 0.348 e. The average Bonchev–Trinajstić information content (AvgIpc) is 2.52. The van der Waals surface area contributed by atoms with Crippen LogP contribution in [0.2, 0.25) is 0 Å². The zero-order valence-electron chi connectivity index (χ0n) is 13.1. The number of rotatable bonds is 9. The lowest BCUT2D eigenvalue weighted by molar-refractivity contribution is -0.148. The molecule has 0 radical (unpaired) electrons. The summed E-state index contributed by atoms with van der Waals surface area (Å²) in [5, 5.41) is 2.62. The number of ketones is 1. The number of hydrogen-bond acceptors (Lipinski definition) is 5. The summed E-state index contributed by atoms with van der Waals surface area (Å²) in [4.78, 5) is 34.3. The zero-order valence-corrected chi connectivity index (χ0v) is 14.7. The number of Topliss-reactive ketones (excluding diaryl/α,β-unsaturated/α-hetero) is 1. The first-order valence-electron chi connectivity index (χ1n) is 7.18.